The SMILES string of the molecule is CCCNC(/C1=C/CCCCCC1)c1cc(F)ccc1Br. The van der Waals surface area contributed by atoms with E-state index in [1.165, 1.54) is 37.3 Å². The monoisotopic (exact) mass is 353 g/mol. The zero-order valence-electron chi connectivity index (χ0n) is 12.8. The average Bonchev–Trinajstić information content (AvgIpc) is 2.44. The highest BCUT2D eigenvalue weighted by Gasteiger charge is 2.19. The van der Waals surface area contributed by atoms with Gasteiger partial charge in [-0.1, -0.05) is 47.3 Å². The maximum absolute atomic E-state index is 13.7. The quantitative estimate of drug-likeness (QED) is 0.648. The minimum absolute atomic E-state index is 0.133. The summed E-state index contributed by atoms with van der Waals surface area (Å²) in [5.74, 6) is -0.164. The number of allylic oxidation sites excluding steroid dienone is 1. The molecule has 0 spiro atoms. The van der Waals surface area contributed by atoms with E-state index in [-0.39, 0.29) is 11.9 Å². The summed E-state index contributed by atoms with van der Waals surface area (Å²) in [6, 6.07) is 5.12. The topological polar surface area (TPSA) is 12.0 Å². The van der Waals surface area contributed by atoms with E-state index in [0.717, 1.165) is 35.8 Å². The molecule has 0 amide bonds. The minimum Gasteiger partial charge on any atom is -0.306 e. The molecule has 1 aliphatic carbocycles. The molecule has 0 fully saturated rings. The van der Waals surface area contributed by atoms with Crippen molar-refractivity contribution in [2.75, 3.05) is 6.54 Å². The Morgan fingerprint density at radius 2 is 2.05 bits per heavy atom. The van der Waals surface area contributed by atoms with Crippen LogP contribution in [0.4, 0.5) is 4.39 Å². The summed E-state index contributed by atoms with van der Waals surface area (Å²) >= 11 is 3.59. The molecule has 0 aliphatic heterocycles. The van der Waals surface area contributed by atoms with Crippen molar-refractivity contribution in [3.05, 3.63) is 45.7 Å². The number of halogens is 2. The van der Waals surface area contributed by atoms with Crippen molar-refractivity contribution in [2.24, 2.45) is 0 Å². The number of rotatable bonds is 5. The second kappa shape index (κ2) is 8.70. The first-order chi connectivity index (χ1) is 10.2. The second-order valence-electron chi connectivity index (χ2n) is 5.78. The van der Waals surface area contributed by atoms with Gasteiger partial charge in [-0.2, -0.15) is 0 Å². The van der Waals surface area contributed by atoms with Crippen LogP contribution in [0.5, 0.6) is 0 Å². The van der Waals surface area contributed by atoms with Crippen molar-refractivity contribution in [3.63, 3.8) is 0 Å². The van der Waals surface area contributed by atoms with Gasteiger partial charge in [-0.05, 0) is 62.4 Å². The van der Waals surface area contributed by atoms with Gasteiger partial charge >= 0.3 is 0 Å². The van der Waals surface area contributed by atoms with Gasteiger partial charge < -0.3 is 5.32 Å². The van der Waals surface area contributed by atoms with Crippen LogP contribution < -0.4 is 5.32 Å². The molecule has 0 aromatic heterocycles. The molecule has 116 valence electrons. The van der Waals surface area contributed by atoms with Crippen molar-refractivity contribution in [1.82, 2.24) is 5.32 Å². The smallest absolute Gasteiger partial charge is 0.123 e. The highest BCUT2D eigenvalue weighted by atomic mass is 79.9. The van der Waals surface area contributed by atoms with Crippen LogP contribution in [0.2, 0.25) is 0 Å². The van der Waals surface area contributed by atoms with Gasteiger partial charge in [-0.15, -0.1) is 0 Å². The Morgan fingerprint density at radius 3 is 2.86 bits per heavy atom. The third-order valence-electron chi connectivity index (χ3n) is 4.06. The van der Waals surface area contributed by atoms with Crippen molar-refractivity contribution < 1.29 is 4.39 Å². The summed E-state index contributed by atoms with van der Waals surface area (Å²) in [6.07, 6.45) is 10.9. The molecule has 21 heavy (non-hydrogen) atoms. The predicted octanol–water partition coefficient (Wildman–Crippen LogP) is 5.91. The first-order valence-corrected chi connectivity index (χ1v) is 8.89. The molecule has 0 radical (unpaired) electrons. The van der Waals surface area contributed by atoms with Gasteiger partial charge in [0.15, 0.2) is 0 Å². The first-order valence-electron chi connectivity index (χ1n) is 8.09. The molecule has 1 unspecified atom stereocenters. The number of hydrogen-bond acceptors (Lipinski definition) is 1. The molecule has 1 nitrogen and oxygen atoms in total. The zero-order valence-corrected chi connectivity index (χ0v) is 14.4. The van der Waals surface area contributed by atoms with Crippen LogP contribution in [0.15, 0.2) is 34.3 Å². The van der Waals surface area contributed by atoms with E-state index in [9.17, 15) is 4.39 Å². The molecular formula is C18H25BrFN. The van der Waals surface area contributed by atoms with Crippen LogP contribution in [0.1, 0.15) is 63.5 Å². The maximum Gasteiger partial charge on any atom is 0.123 e. The summed E-state index contributed by atoms with van der Waals surface area (Å²) in [6.45, 7) is 3.11. The average molecular weight is 354 g/mol. The van der Waals surface area contributed by atoms with Gasteiger partial charge in [-0.3, -0.25) is 0 Å². The predicted molar refractivity (Wildman–Crippen MR) is 90.9 cm³/mol. The Balaban J connectivity index is 2.29. The third kappa shape index (κ3) is 4.93. The van der Waals surface area contributed by atoms with Gasteiger partial charge in [0.2, 0.25) is 0 Å². The van der Waals surface area contributed by atoms with Gasteiger partial charge in [0.1, 0.15) is 5.82 Å². The van der Waals surface area contributed by atoms with E-state index in [1.807, 2.05) is 6.07 Å². The molecule has 3 heteroatoms. The Labute approximate surface area is 136 Å². The molecule has 1 N–H and O–H groups in total. The Morgan fingerprint density at radius 1 is 1.24 bits per heavy atom. The van der Waals surface area contributed by atoms with E-state index in [4.69, 9.17) is 0 Å². The number of benzene rings is 1. The fraction of sp³-hybridized carbons (Fsp3) is 0.556. The van der Waals surface area contributed by atoms with Gasteiger partial charge in [-0.25, -0.2) is 4.39 Å². The molecule has 0 saturated carbocycles. The van der Waals surface area contributed by atoms with Crippen molar-refractivity contribution >= 4 is 15.9 Å². The van der Waals surface area contributed by atoms with Crippen LogP contribution in [-0.2, 0) is 0 Å². The molecule has 1 aliphatic rings. The normalized spacial score (nSPS) is 20.2. The van der Waals surface area contributed by atoms with Crippen LogP contribution in [0.3, 0.4) is 0 Å². The highest BCUT2D eigenvalue weighted by Crippen LogP contribution is 2.33. The lowest BCUT2D eigenvalue weighted by atomic mass is 9.90. The molecule has 1 atom stereocenters. The van der Waals surface area contributed by atoms with Crippen molar-refractivity contribution in [3.8, 4) is 0 Å². The Hall–Kier alpha value is -0.670. The third-order valence-corrected chi connectivity index (χ3v) is 4.79. The van der Waals surface area contributed by atoms with Crippen LogP contribution in [-0.4, -0.2) is 6.54 Å². The van der Waals surface area contributed by atoms with E-state index in [2.05, 4.69) is 34.2 Å². The molecule has 0 heterocycles. The highest BCUT2D eigenvalue weighted by molar-refractivity contribution is 9.10. The number of nitrogens with one attached hydrogen (secondary N) is 1. The van der Waals surface area contributed by atoms with Gasteiger partial charge in [0, 0.05) is 4.47 Å². The summed E-state index contributed by atoms with van der Waals surface area (Å²) in [5.41, 5.74) is 2.45. The van der Waals surface area contributed by atoms with E-state index in [1.54, 1.807) is 6.07 Å². The lowest BCUT2D eigenvalue weighted by Gasteiger charge is -2.25. The molecule has 1 aromatic carbocycles. The lowest BCUT2D eigenvalue weighted by molar-refractivity contribution is 0.535. The minimum atomic E-state index is -0.164. The van der Waals surface area contributed by atoms with E-state index in [0.29, 0.717) is 0 Å². The van der Waals surface area contributed by atoms with Crippen LogP contribution in [0, 0.1) is 5.82 Å². The largest absolute Gasteiger partial charge is 0.306 e. The summed E-state index contributed by atoms with van der Waals surface area (Å²) in [4.78, 5) is 0. The summed E-state index contributed by atoms with van der Waals surface area (Å²) in [5, 5.41) is 3.61. The van der Waals surface area contributed by atoms with Crippen LogP contribution in [0.25, 0.3) is 0 Å². The summed E-state index contributed by atoms with van der Waals surface area (Å²) in [7, 11) is 0. The standard InChI is InChI=1S/C18H25BrFN/c1-2-12-21-18(14-8-6-4-3-5-7-9-14)16-13-15(20)10-11-17(16)19/h8,10-11,13,18,21H,2-7,9,12H2,1H3/b14-8+. The fourth-order valence-corrected chi connectivity index (χ4v) is 3.42. The van der Waals surface area contributed by atoms with Gasteiger partial charge in [0.25, 0.3) is 0 Å². The van der Waals surface area contributed by atoms with E-state index >= 15 is 0 Å². The molecule has 2 rings (SSSR count). The van der Waals surface area contributed by atoms with Crippen molar-refractivity contribution in [2.45, 2.75) is 57.9 Å². The molecule has 0 bridgehead atoms. The van der Waals surface area contributed by atoms with Crippen LogP contribution >= 0.6 is 15.9 Å². The van der Waals surface area contributed by atoms with Gasteiger partial charge in [0.05, 0.1) is 6.04 Å². The summed E-state index contributed by atoms with van der Waals surface area (Å²) < 4.78 is 14.7. The molecule has 0 saturated heterocycles. The Kier molecular flexibility index (Phi) is 6.91. The lowest BCUT2D eigenvalue weighted by Crippen LogP contribution is -2.25. The zero-order chi connectivity index (χ0) is 15.1. The van der Waals surface area contributed by atoms with E-state index < -0.39 is 0 Å². The Bertz CT molecular complexity index is 484. The fourth-order valence-electron chi connectivity index (χ4n) is 2.94. The van der Waals surface area contributed by atoms with Crippen molar-refractivity contribution in [1.29, 1.82) is 0 Å². The molecule has 1 aromatic rings. The second-order valence-corrected chi connectivity index (χ2v) is 6.64. The number of hydrogen-bond donors (Lipinski definition) is 1. The maximum atomic E-state index is 13.7. The first kappa shape index (κ1) is 16.7. The molecular weight excluding hydrogens is 329 g/mol.